The largest absolute Gasteiger partial charge is 0.467 e. The lowest BCUT2D eigenvalue weighted by atomic mass is 10.1. The van der Waals surface area contributed by atoms with Crippen LogP contribution in [0.2, 0.25) is 0 Å². The van der Waals surface area contributed by atoms with E-state index >= 15 is 0 Å². The molecule has 0 saturated heterocycles. The molecule has 1 atom stereocenters. The van der Waals surface area contributed by atoms with Gasteiger partial charge in [-0.1, -0.05) is 5.16 Å². The van der Waals surface area contributed by atoms with Gasteiger partial charge in [-0.2, -0.15) is 5.10 Å². The van der Waals surface area contributed by atoms with Gasteiger partial charge in [0, 0.05) is 24.2 Å². The third kappa shape index (κ3) is 2.74. The van der Waals surface area contributed by atoms with Crippen molar-refractivity contribution in [2.45, 2.75) is 39.5 Å². The molecule has 1 N–H and O–H groups in total. The summed E-state index contributed by atoms with van der Waals surface area (Å²) in [5.74, 6) is 0.503. The zero-order valence-electron chi connectivity index (χ0n) is 12.6. The van der Waals surface area contributed by atoms with Gasteiger partial charge in [-0.05, 0) is 26.0 Å². The van der Waals surface area contributed by atoms with Crippen molar-refractivity contribution in [2.24, 2.45) is 5.16 Å². The number of hydrogen-bond donors (Lipinski definition) is 1. The first-order valence-electron chi connectivity index (χ1n) is 7.24. The second-order valence-electron chi connectivity index (χ2n) is 5.09. The van der Waals surface area contributed by atoms with Crippen LogP contribution >= 0.6 is 0 Å². The molecule has 22 heavy (non-hydrogen) atoms. The Hall–Kier alpha value is -2.57. The van der Waals surface area contributed by atoms with E-state index in [0.29, 0.717) is 18.7 Å². The minimum Gasteiger partial charge on any atom is -0.467 e. The van der Waals surface area contributed by atoms with Crippen molar-refractivity contribution in [1.29, 1.82) is 0 Å². The molecule has 0 aromatic carbocycles. The first-order chi connectivity index (χ1) is 10.7. The van der Waals surface area contributed by atoms with Crippen molar-refractivity contribution in [3.8, 4) is 0 Å². The summed E-state index contributed by atoms with van der Waals surface area (Å²) < 4.78 is 7.06. The molecule has 0 aliphatic carbocycles. The molecule has 0 radical (unpaired) electrons. The second kappa shape index (κ2) is 6.05. The molecule has 3 heterocycles. The number of furan rings is 1. The molecular formula is C15H18N4O3. The van der Waals surface area contributed by atoms with Crippen LogP contribution in [0.25, 0.3) is 0 Å². The Bertz CT molecular complexity index is 688. The summed E-state index contributed by atoms with van der Waals surface area (Å²) >= 11 is 0. The first-order valence-corrected chi connectivity index (χ1v) is 7.24. The molecule has 1 aliphatic heterocycles. The fourth-order valence-corrected chi connectivity index (χ4v) is 2.43. The molecule has 7 heteroatoms. The molecule has 1 aliphatic rings. The van der Waals surface area contributed by atoms with E-state index in [1.54, 1.807) is 24.6 Å². The average Bonchev–Trinajstić information content (AvgIpc) is 3.25. The predicted molar refractivity (Wildman–Crippen MR) is 79.2 cm³/mol. The first kappa shape index (κ1) is 14.4. The molecule has 7 nitrogen and oxygen atoms in total. The molecule has 116 valence electrons. The molecule has 1 unspecified atom stereocenters. The second-order valence-corrected chi connectivity index (χ2v) is 5.09. The van der Waals surface area contributed by atoms with Gasteiger partial charge in [0.05, 0.1) is 24.7 Å². The third-order valence-corrected chi connectivity index (χ3v) is 3.69. The summed E-state index contributed by atoms with van der Waals surface area (Å²) in [6.45, 7) is 5.15. The van der Waals surface area contributed by atoms with Gasteiger partial charge >= 0.3 is 0 Å². The van der Waals surface area contributed by atoms with Gasteiger partial charge < -0.3 is 14.6 Å². The molecule has 2 aromatic heterocycles. The number of carbonyl (C=O) groups excluding carboxylic acids is 1. The summed E-state index contributed by atoms with van der Waals surface area (Å²) in [6, 6.07) is 3.59. The maximum atomic E-state index is 12.1. The zero-order chi connectivity index (χ0) is 15.5. The van der Waals surface area contributed by atoms with Crippen LogP contribution in [-0.2, 0) is 22.7 Å². The quantitative estimate of drug-likeness (QED) is 0.910. The SMILES string of the molecule is CCn1ncc(C2=NOC(C(=O)NCc3ccco3)C2)c1C. The normalized spacial score (nSPS) is 17.2. The smallest absolute Gasteiger partial charge is 0.264 e. The highest BCUT2D eigenvalue weighted by atomic mass is 16.6. The number of hydrogen-bond acceptors (Lipinski definition) is 5. The number of amides is 1. The van der Waals surface area contributed by atoms with Crippen LogP contribution in [0.3, 0.4) is 0 Å². The number of nitrogens with zero attached hydrogens (tertiary/aromatic N) is 3. The average molecular weight is 302 g/mol. The topological polar surface area (TPSA) is 81.6 Å². The Balaban J connectivity index is 1.59. The highest BCUT2D eigenvalue weighted by molar-refractivity contribution is 6.04. The number of oxime groups is 1. The van der Waals surface area contributed by atoms with E-state index in [1.807, 2.05) is 18.5 Å². The minimum atomic E-state index is -0.602. The Morgan fingerprint density at radius 2 is 2.41 bits per heavy atom. The van der Waals surface area contributed by atoms with E-state index in [1.165, 1.54) is 0 Å². The van der Waals surface area contributed by atoms with Gasteiger partial charge in [0.1, 0.15) is 5.76 Å². The molecule has 0 fully saturated rings. The Morgan fingerprint density at radius 3 is 3.09 bits per heavy atom. The Morgan fingerprint density at radius 1 is 1.55 bits per heavy atom. The number of aryl methyl sites for hydroxylation is 1. The minimum absolute atomic E-state index is 0.198. The van der Waals surface area contributed by atoms with Gasteiger partial charge in [0.25, 0.3) is 5.91 Å². The van der Waals surface area contributed by atoms with Crippen molar-refractivity contribution < 1.29 is 14.0 Å². The molecule has 3 rings (SSSR count). The van der Waals surface area contributed by atoms with Crippen LogP contribution in [0.1, 0.15) is 30.4 Å². The van der Waals surface area contributed by atoms with E-state index in [-0.39, 0.29) is 5.91 Å². The Kier molecular flexibility index (Phi) is 3.95. The lowest BCUT2D eigenvalue weighted by molar-refractivity contribution is -0.131. The van der Waals surface area contributed by atoms with Crippen molar-refractivity contribution >= 4 is 11.6 Å². The molecule has 0 saturated carbocycles. The summed E-state index contributed by atoms with van der Waals surface area (Å²) in [7, 11) is 0. The van der Waals surface area contributed by atoms with Crippen LogP contribution in [0.15, 0.2) is 34.2 Å². The summed E-state index contributed by atoms with van der Waals surface area (Å²) in [5, 5.41) is 11.1. The molecule has 1 amide bonds. The van der Waals surface area contributed by atoms with Gasteiger partial charge in [-0.3, -0.25) is 9.48 Å². The van der Waals surface area contributed by atoms with E-state index in [9.17, 15) is 4.79 Å². The number of carbonyl (C=O) groups is 1. The van der Waals surface area contributed by atoms with Crippen LogP contribution < -0.4 is 5.32 Å². The van der Waals surface area contributed by atoms with Gasteiger partial charge in [0.15, 0.2) is 0 Å². The van der Waals surface area contributed by atoms with Crippen molar-refractivity contribution in [3.63, 3.8) is 0 Å². The van der Waals surface area contributed by atoms with Crippen LogP contribution in [-0.4, -0.2) is 27.5 Å². The number of rotatable bonds is 5. The maximum Gasteiger partial charge on any atom is 0.264 e. The van der Waals surface area contributed by atoms with E-state index < -0.39 is 6.10 Å². The lowest BCUT2D eigenvalue weighted by Gasteiger charge is -2.08. The standard InChI is InChI=1S/C15H18N4O3/c1-3-19-10(2)12(9-17-19)13-7-14(22-18-13)15(20)16-8-11-5-4-6-21-11/h4-6,9,14H,3,7-8H2,1-2H3,(H,16,20). The van der Waals surface area contributed by atoms with Crippen LogP contribution in [0.4, 0.5) is 0 Å². The van der Waals surface area contributed by atoms with Crippen molar-refractivity contribution in [3.05, 3.63) is 41.6 Å². The predicted octanol–water partition coefficient (Wildman–Crippen LogP) is 1.61. The lowest BCUT2D eigenvalue weighted by Crippen LogP contribution is -2.34. The fraction of sp³-hybridized carbons (Fsp3) is 0.400. The summed E-state index contributed by atoms with van der Waals surface area (Å²) in [5.41, 5.74) is 2.72. The van der Waals surface area contributed by atoms with E-state index in [0.717, 1.165) is 23.5 Å². The molecule has 0 spiro atoms. The monoisotopic (exact) mass is 302 g/mol. The highest BCUT2D eigenvalue weighted by Gasteiger charge is 2.30. The van der Waals surface area contributed by atoms with Crippen LogP contribution in [0, 0.1) is 6.92 Å². The third-order valence-electron chi connectivity index (χ3n) is 3.69. The van der Waals surface area contributed by atoms with Gasteiger partial charge in [0.2, 0.25) is 6.10 Å². The fourth-order valence-electron chi connectivity index (χ4n) is 2.43. The maximum absolute atomic E-state index is 12.1. The van der Waals surface area contributed by atoms with Crippen molar-refractivity contribution in [2.75, 3.05) is 0 Å². The highest BCUT2D eigenvalue weighted by Crippen LogP contribution is 2.19. The molecular weight excluding hydrogens is 284 g/mol. The number of aromatic nitrogens is 2. The van der Waals surface area contributed by atoms with E-state index in [4.69, 9.17) is 9.25 Å². The zero-order valence-corrected chi connectivity index (χ0v) is 12.6. The van der Waals surface area contributed by atoms with E-state index in [2.05, 4.69) is 15.6 Å². The molecule has 0 bridgehead atoms. The Labute approximate surface area is 127 Å². The van der Waals surface area contributed by atoms with Crippen LogP contribution in [0.5, 0.6) is 0 Å². The molecule has 2 aromatic rings. The van der Waals surface area contributed by atoms with Crippen molar-refractivity contribution in [1.82, 2.24) is 15.1 Å². The van der Waals surface area contributed by atoms with Gasteiger partial charge in [-0.25, -0.2) is 0 Å². The summed E-state index contributed by atoms with van der Waals surface area (Å²) in [4.78, 5) is 17.3. The number of nitrogens with one attached hydrogen (secondary N) is 1. The summed E-state index contributed by atoms with van der Waals surface area (Å²) in [6.07, 6.45) is 3.18. The van der Waals surface area contributed by atoms with Gasteiger partial charge in [-0.15, -0.1) is 0 Å².